The Labute approximate surface area is 105 Å². The van der Waals surface area contributed by atoms with Crippen LogP contribution in [0.3, 0.4) is 0 Å². The fourth-order valence-corrected chi connectivity index (χ4v) is 1.87. The molecule has 0 saturated carbocycles. The molecule has 2 nitrogen and oxygen atoms in total. The maximum atomic E-state index is 12.1. The molecule has 2 aromatic rings. The number of Topliss-reactive ketones (excluding diaryl/α,β-unsaturated/α-hetero) is 1. The molecule has 1 aromatic carbocycles. The standard InChI is InChI=1S/C14H12ClNO/c1-10-6-7-16-9-12(10)14(17)8-11-4-2-3-5-13(11)15/h2-7,9H,8H2,1H3. The Morgan fingerprint density at radius 3 is 2.76 bits per heavy atom. The molecule has 0 unspecified atom stereocenters. The van der Waals surface area contributed by atoms with E-state index in [2.05, 4.69) is 4.98 Å². The number of hydrogen-bond donors (Lipinski definition) is 0. The van der Waals surface area contributed by atoms with Gasteiger partial charge in [0.1, 0.15) is 0 Å². The molecule has 3 heteroatoms. The first-order chi connectivity index (χ1) is 8.18. The molecule has 1 heterocycles. The first-order valence-electron chi connectivity index (χ1n) is 5.35. The minimum Gasteiger partial charge on any atom is -0.294 e. The molecule has 86 valence electrons. The fourth-order valence-electron chi connectivity index (χ4n) is 1.67. The lowest BCUT2D eigenvalue weighted by Crippen LogP contribution is -2.06. The van der Waals surface area contributed by atoms with E-state index < -0.39 is 0 Å². The summed E-state index contributed by atoms with van der Waals surface area (Å²) in [4.78, 5) is 16.1. The van der Waals surface area contributed by atoms with E-state index in [9.17, 15) is 4.79 Å². The predicted molar refractivity (Wildman–Crippen MR) is 68.5 cm³/mol. The van der Waals surface area contributed by atoms with Crippen LogP contribution in [0.25, 0.3) is 0 Å². The number of rotatable bonds is 3. The van der Waals surface area contributed by atoms with Crippen LogP contribution in [0.4, 0.5) is 0 Å². The lowest BCUT2D eigenvalue weighted by molar-refractivity contribution is 0.0992. The highest BCUT2D eigenvalue weighted by Crippen LogP contribution is 2.18. The van der Waals surface area contributed by atoms with E-state index >= 15 is 0 Å². The van der Waals surface area contributed by atoms with Gasteiger partial charge >= 0.3 is 0 Å². The quantitative estimate of drug-likeness (QED) is 0.775. The maximum Gasteiger partial charge on any atom is 0.169 e. The van der Waals surface area contributed by atoms with Crippen molar-refractivity contribution in [3.8, 4) is 0 Å². The maximum absolute atomic E-state index is 12.1. The monoisotopic (exact) mass is 245 g/mol. The van der Waals surface area contributed by atoms with Gasteiger partial charge in [0.2, 0.25) is 0 Å². The lowest BCUT2D eigenvalue weighted by atomic mass is 10.0. The molecule has 0 bridgehead atoms. The summed E-state index contributed by atoms with van der Waals surface area (Å²) in [6.45, 7) is 1.90. The average molecular weight is 246 g/mol. The second-order valence-electron chi connectivity index (χ2n) is 3.88. The van der Waals surface area contributed by atoms with Crippen LogP contribution in [0.2, 0.25) is 5.02 Å². The molecule has 0 aliphatic rings. The predicted octanol–water partition coefficient (Wildman–Crippen LogP) is 3.47. The van der Waals surface area contributed by atoms with Crippen molar-refractivity contribution in [2.75, 3.05) is 0 Å². The molecule has 0 aliphatic heterocycles. The Bertz CT molecular complexity index is 551. The van der Waals surface area contributed by atoms with Gasteiger partial charge in [0, 0.05) is 29.4 Å². The summed E-state index contributed by atoms with van der Waals surface area (Å²) in [6.07, 6.45) is 3.60. The summed E-state index contributed by atoms with van der Waals surface area (Å²) in [5, 5.41) is 0.627. The average Bonchev–Trinajstić information content (AvgIpc) is 2.32. The second-order valence-corrected chi connectivity index (χ2v) is 4.29. The molecule has 0 aliphatic carbocycles. The van der Waals surface area contributed by atoms with Crippen LogP contribution in [0.15, 0.2) is 42.7 Å². The van der Waals surface area contributed by atoms with Crippen molar-refractivity contribution in [3.63, 3.8) is 0 Å². The minimum absolute atomic E-state index is 0.0451. The smallest absolute Gasteiger partial charge is 0.169 e. The summed E-state index contributed by atoms with van der Waals surface area (Å²) < 4.78 is 0. The van der Waals surface area contributed by atoms with Crippen LogP contribution >= 0.6 is 11.6 Å². The van der Waals surface area contributed by atoms with E-state index in [4.69, 9.17) is 11.6 Å². The topological polar surface area (TPSA) is 30.0 Å². The molecule has 0 amide bonds. The van der Waals surface area contributed by atoms with Gasteiger partial charge in [-0.25, -0.2) is 0 Å². The van der Waals surface area contributed by atoms with Crippen LogP contribution in [-0.2, 0) is 6.42 Å². The number of carbonyl (C=O) groups is 1. The van der Waals surface area contributed by atoms with Crippen molar-refractivity contribution >= 4 is 17.4 Å². The van der Waals surface area contributed by atoms with E-state index in [-0.39, 0.29) is 5.78 Å². The van der Waals surface area contributed by atoms with Gasteiger partial charge < -0.3 is 0 Å². The molecule has 17 heavy (non-hydrogen) atoms. The van der Waals surface area contributed by atoms with Crippen molar-refractivity contribution < 1.29 is 4.79 Å². The number of aryl methyl sites for hydroxylation is 1. The summed E-state index contributed by atoms with van der Waals surface area (Å²) in [7, 11) is 0. The van der Waals surface area contributed by atoms with E-state index in [0.717, 1.165) is 11.1 Å². The number of pyridine rings is 1. The van der Waals surface area contributed by atoms with Crippen molar-refractivity contribution in [2.45, 2.75) is 13.3 Å². The van der Waals surface area contributed by atoms with Crippen LogP contribution < -0.4 is 0 Å². The highest BCUT2D eigenvalue weighted by molar-refractivity contribution is 6.31. The molecule has 1 aromatic heterocycles. The molecular formula is C14H12ClNO. The third-order valence-corrected chi connectivity index (χ3v) is 3.02. The molecule has 0 N–H and O–H groups in total. The Balaban J connectivity index is 2.24. The number of benzene rings is 1. The van der Waals surface area contributed by atoms with Gasteiger partial charge in [-0.15, -0.1) is 0 Å². The molecule has 0 fully saturated rings. The Morgan fingerprint density at radius 2 is 2.06 bits per heavy atom. The van der Waals surface area contributed by atoms with Crippen molar-refractivity contribution in [1.29, 1.82) is 0 Å². The van der Waals surface area contributed by atoms with Gasteiger partial charge in [-0.2, -0.15) is 0 Å². The number of hydrogen-bond acceptors (Lipinski definition) is 2. The van der Waals surface area contributed by atoms with Crippen LogP contribution in [0.1, 0.15) is 21.5 Å². The number of nitrogens with zero attached hydrogens (tertiary/aromatic N) is 1. The van der Waals surface area contributed by atoms with Crippen LogP contribution in [0.5, 0.6) is 0 Å². The largest absolute Gasteiger partial charge is 0.294 e. The highest BCUT2D eigenvalue weighted by Gasteiger charge is 2.11. The number of aromatic nitrogens is 1. The van der Waals surface area contributed by atoms with Gasteiger partial charge in [0.25, 0.3) is 0 Å². The fraction of sp³-hybridized carbons (Fsp3) is 0.143. The zero-order valence-electron chi connectivity index (χ0n) is 9.48. The van der Waals surface area contributed by atoms with Gasteiger partial charge in [-0.05, 0) is 30.2 Å². The summed E-state index contributed by atoms with van der Waals surface area (Å²) in [6, 6.07) is 9.22. The first-order valence-corrected chi connectivity index (χ1v) is 5.73. The lowest BCUT2D eigenvalue weighted by Gasteiger charge is -2.05. The van der Waals surface area contributed by atoms with Gasteiger partial charge in [-0.1, -0.05) is 29.8 Å². The van der Waals surface area contributed by atoms with E-state index in [1.165, 1.54) is 0 Å². The van der Waals surface area contributed by atoms with Crippen molar-refractivity contribution in [3.05, 3.63) is 64.4 Å². The molecule has 0 radical (unpaired) electrons. The molecule has 0 spiro atoms. The first kappa shape index (κ1) is 11.8. The van der Waals surface area contributed by atoms with Gasteiger partial charge in [-0.3, -0.25) is 9.78 Å². The third-order valence-electron chi connectivity index (χ3n) is 2.65. The molecule has 0 atom stereocenters. The van der Waals surface area contributed by atoms with E-state index in [0.29, 0.717) is 17.0 Å². The van der Waals surface area contributed by atoms with Crippen molar-refractivity contribution in [2.24, 2.45) is 0 Å². The molecular weight excluding hydrogens is 234 g/mol. The van der Waals surface area contributed by atoms with Crippen LogP contribution in [-0.4, -0.2) is 10.8 Å². The number of ketones is 1. The zero-order chi connectivity index (χ0) is 12.3. The number of carbonyl (C=O) groups excluding carboxylic acids is 1. The zero-order valence-corrected chi connectivity index (χ0v) is 10.2. The van der Waals surface area contributed by atoms with Crippen molar-refractivity contribution in [1.82, 2.24) is 4.98 Å². The van der Waals surface area contributed by atoms with E-state index in [1.54, 1.807) is 18.5 Å². The van der Waals surface area contributed by atoms with Gasteiger partial charge in [0.15, 0.2) is 5.78 Å². The second kappa shape index (κ2) is 5.11. The summed E-state index contributed by atoms with van der Waals surface area (Å²) in [5.74, 6) is 0.0451. The Morgan fingerprint density at radius 1 is 1.29 bits per heavy atom. The normalized spacial score (nSPS) is 10.2. The Hall–Kier alpha value is -1.67. The van der Waals surface area contributed by atoms with E-state index in [1.807, 2.05) is 31.2 Å². The number of halogens is 1. The third kappa shape index (κ3) is 2.71. The minimum atomic E-state index is 0.0451. The molecule has 0 saturated heterocycles. The highest BCUT2D eigenvalue weighted by atomic mass is 35.5. The molecule has 2 rings (SSSR count). The summed E-state index contributed by atoms with van der Waals surface area (Å²) in [5.41, 5.74) is 2.45. The van der Waals surface area contributed by atoms with Crippen LogP contribution in [0, 0.1) is 6.92 Å². The SMILES string of the molecule is Cc1ccncc1C(=O)Cc1ccccc1Cl. The Kier molecular flexibility index (Phi) is 3.55. The van der Waals surface area contributed by atoms with Gasteiger partial charge in [0.05, 0.1) is 0 Å². The summed E-state index contributed by atoms with van der Waals surface area (Å²) >= 11 is 6.03.